The average Bonchev–Trinajstić information content (AvgIpc) is 2.18. The van der Waals surface area contributed by atoms with Crippen molar-refractivity contribution in [1.82, 2.24) is 5.43 Å². The fourth-order valence-corrected chi connectivity index (χ4v) is 1.86. The van der Waals surface area contributed by atoms with Crippen molar-refractivity contribution in [1.29, 1.82) is 0 Å². The van der Waals surface area contributed by atoms with Gasteiger partial charge in [0.05, 0.1) is 0 Å². The van der Waals surface area contributed by atoms with Gasteiger partial charge in [-0.2, -0.15) is 0 Å². The van der Waals surface area contributed by atoms with Crippen LogP contribution in [0.1, 0.15) is 12.6 Å². The van der Waals surface area contributed by atoms with Crippen molar-refractivity contribution in [3.05, 3.63) is 24.0 Å². The molecule has 1 aliphatic heterocycles. The Morgan fingerprint density at radius 3 is 3.23 bits per heavy atom. The summed E-state index contributed by atoms with van der Waals surface area (Å²) in [5.74, 6) is 0. The van der Waals surface area contributed by atoms with Gasteiger partial charge in [0.1, 0.15) is 12.7 Å². The van der Waals surface area contributed by atoms with E-state index < -0.39 is 0 Å². The van der Waals surface area contributed by atoms with Crippen LogP contribution in [0.3, 0.4) is 0 Å². The number of hydrazine groups is 1. The fraction of sp³-hybridized carbons (Fsp3) is 0.500. The molecule has 2 heterocycles. The van der Waals surface area contributed by atoms with Crippen molar-refractivity contribution >= 4 is 5.69 Å². The smallest absolute Gasteiger partial charge is 0.207 e. The minimum atomic E-state index is 1.01. The topological polar surface area (TPSA) is 19.1 Å². The third-order valence-electron chi connectivity index (χ3n) is 2.56. The molecule has 1 N–H and O–H groups in total. The minimum absolute atomic E-state index is 1.01. The molecule has 0 aromatic carbocycles. The van der Waals surface area contributed by atoms with Crippen LogP contribution in [0.15, 0.2) is 18.3 Å². The van der Waals surface area contributed by atoms with Gasteiger partial charge in [-0.25, -0.2) is 9.99 Å². The standard InChI is InChI=1S/C10H16N3/c1-3-13-10-5-4-8-12(2)9(10)6-7-11-13/h4-5,8,11H,3,6-7H2,1-2H3/q+1. The summed E-state index contributed by atoms with van der Waals surface area (Å²) >= 11 is 0. The second kappa shape index (κ2) is 3.34. The normalized spacial score (nSPS) is 15.7. The van der Waals surface area contributed by atoms with Crippen LogP contribution in [0.5, 0.6) is 0 Å². The number of rotatable bonds is 1. The van der Waals surface area contributed by atoms with E-state index in [0.717, 1.165) is 19.5 Å². The van der Waals surface area contributed by atoms with Crippen LogP contribution in [0, 0.1) is 0 Å². The average molecular weight is 178 g/mol. The van der Waals surface area contributed by atoms with Gasteiger partial charge in [0.15, 0.2) is 6.20 Å². The van der Waals surface area contributed by atoms with Crippen LogP contribution < -0.4 is 15.0 Å². The molecule has 0 fully saturated rings. The highest BCUT2D eigenvalue weighted by atomic mass is 15.5. The van der Waals surface area contributed by atoms with Gasteiger partial charge in [0.25, 0.3) is 0 Å². The SMILES string of the molecule is CCN1NCCc2c1ccc[n+]2C. The number of hydrogen-bond acceptors (Lipinski definition) is 2. The van der Waals surface area contributed by atoms with Crippen molar-refractivity contribution in [3.63, 3.8) is 0 Å². The first-order valence-electron chi connectivity index (χ1n) is 4.81. The Balaban J connectivity index is 2.45. The van der Waals surface area contributed by atoms with E-state index in [1.54, 1.807) is 0 Å². The molecule has 0 aliphatic carbocycles. The molecule has 1 aromatic rings. The summed E-state index contributed by atoms with van der Waals surface area (Å²) < 4.78 is 2.21. The molecule has 1 aromatic heterocycles. The van der Waals surface area contributed by atoms with Crippen LogP contribution in [0.4, 0.5) is 5.69 Å². The van der Waals surface area contributed by atoms with Gasteiger partial charge in [0.2, 0.25) is 5.69 Å². The molecule has 3 heteroatoms. The lowest BCUT2D eigenvalue weighted by atomic mass is 10.2. The van der Waals surface area contributed by atoms with E-state index in [9.17, 15) is 0 Å². The first-order chi connectivity index (χ1) is 6.33. The summed E-state index contributed by atoms with van der Waals surface area (Å²) in [6, 6.07) is 4.26. The third kappa shape index (κ3) is 1.40. The number of pyridine rings is 1. The molecular weight excluding hydrogens is 162 g/mol. The van der Waals surface area contributed by atoms with Crippen LogP contribution in [-0.2, 0) is 13.5 Å². The molecule has 0 unspecified atom stereocenters. The maximum atomic E-state index is 3.37. The second-order valence-electron chi connectivity index (χ2n) is 3.35. The number of fused-ring (bicyclic) bond motifs is 1. The van der Waals surface area contributed by atoms with E-state index in [4.69, 9.17) is 0 Å². The maximum absolute atomic E-state index is 3.37. The quantitative estimate of drug-likeness (QED) is 0.628. The molecule has 0 spiro atoms. The van der Waals surface area contributed by atoms with Crippen molar-refractivity contribution in [2.75, 3.05) is 18.1 Å². The first kappa shape index (κ1) is 8.51. The lowest BCUT2D eigenvalue weighted by molar-refractivity contribution is -0.678. The molecular formula is C10H16N3+. The van der Waals surface area contributed by atoms with Gasteiger partial charge >= 0.3 is 0 Å². The Labute approximate surface area is 79.0 Å². The molecule has 13 heavy (non-hydrogen) atoms. The minimum Gasteiger partial charge on any atom is -0.303 e. The lowest BCUT2D eigenvalue weighted by Crippen LogP contribution is -2.48. The number of hydrogen-bond donors (Lipinski definition) is 1. The second-order valence-corrected chi connectivity index (χ2v) is 3.35. The number of nitrogens with one attached hydrogen (secondary N) is 1. The summed E-state index contributed by atoms with van der Waals surface area (Å²) in [4.78, 5) is 0. The van der Waals surface area contributed by atoms with Crippen LogP contribution >= 0.6 is 0 Å². The number of anilines is 1. The van der Waals surface area contributed by atoms with E-state index in [1.807, 2.05) is 0 Å². The molecule has 1 aliphatic rings. The molecule has 0 atom stereocenters. The van der Waals surface area contributed by atoms with Gasteiger partial charge in [-0.3, -0.25) is 0 Å². The Bertz CT molecular complexity index is 309. The maximum Gasteiger partial charge on any atom is 0.207 e. The van der Waals surface area contributed by atoms with Crippen LogP contribution in [0.25, 0.3) is 0 Å². The van der Waals surface area contributed by atoms with E-state index in [-0.39, 0.29) is 0 Å². The molecule has 0 bridgehead atoms. The molecule has 0 saturated carbocycles. The van der Waals surface area contributed by atoms with Crippen LogP contribution in [-0.4, -0.2) is 13.1 Å². The van der Waals surface area contributed by atoms with Gasteiger partial charge in [-0.1, -0.05) is 0 Å². The molecule has 70 valence electrons. The van der Waals surface area contributed by atoms with Crippen molar-refractivity contribution in [2.24, 2.45) is 7.05 Å². The summed E-state index contributed by atoms with van der Waals surface area (Å²) in [6.07, 6.45) is 3.22. The molecule has 0 saturated heterocycles. The summed E-state index contributed by atoms with van der Waals surface area (Å²) in [6.45, 7) is 4.21. The van der Waals surface area contributed by atoms with Crippen molar-refractivity contribution < 1.29 is 4.57 Å². The number of nitrogens with zero attached hydrogens (tertiary/aromatic N) is 2. The summed E-state index contributed by atoms with van der Waals surface area (Å²) in [7, 11) is 2.11. The Kier molecular flexibility index (Phi) is 2.19. The van der Waals surface area contributed by atoms with Gasteiger partial charge in [0, 0.05) is 25.6 Å². The number of aromatic nitrogens is 1. The summed E-state index contributed by atoms with van der Waals surface area (Å²) in [5.41, 5.74) is 6.11. The summed E-state index contributed by atoms with van der Waals surface area (Å²) in [5, 5.41) is 2.21. The Morgan fingerprint density at radius 1 is 1.62 bits per heavy atom. The third-order valence-corrected chi connectivity index (χ3v) is 2.56. The fourth-order valence-electron chi connectivity index (χ4n) is 1.86. The van der Waals surface area contributed by atoms with E-state index in [0.29, 0.717) is 0 Å². The number of aryl methyl sites for hydroxylation is 1. The van der Waals surface area contributed by atoms with Crippen LogP contribution in [0.2, 0.25) is 0 Å². The highest BCUT2D eigenvalue weighted by Crippen LogP contribution is 2.18. The highest BCUT2D eigenvalue weighted by Gasteiger charge is 2.21. The Hall–Kier alpha value is -1.09. The monoisotopic (exact) mass is 178 g/mol. The highest BCUT2D eigenvalue weighted by molar-refractivity contribution is 5.48. The van der Waals surface area contributed by atoms with Crippen molar-refractivity contribution in [2.45, 2.75) is 13.3 Å². The zero-order valence-corrected chi connectivity index (χ0v) is 8.25. The molecule has 2 rings (SSSR count). The zero-order chi connectivity index (χ0) is 9.26. The molecule has 3 nitrogen and oxygen atoms in total. The lowest BCUT2D eigenvalue weighted by Gasteiger charge is -2.28. The predicted molar refractivity (Wildman–Crippen MR) is 52.3 cm³/mol. The van der Waals surface area contributed by atoms with Gasteiger partial charge in [-0.15, -0.1) is 0 Å². The molecule has 0 amide bonds. The van der Waals surface area contributed by atoms with E-state index in [1.165, 1.54) is 11.4 Å². The molecule has 0 radical (unpaired) electrons. The first-order valence-corrected chi connectivity index (χ1v) is 4.81. The van der Waals surface area contributed by atoms with Gasteiger partial charge in [-0.05, 0) is 13.0 Å². The van der Waals surface area contributed by atoms with E-state index in [2.05, 4.69) is 47.3 Å². The predicted octanol–water partition coefficient (Wildman–Crippen LogP) is 0.398. The largest absolute Gasteiger partial charge is 0.303 e. The van der Waals surface area contributed by atoms with Gasteiger partial charge < -0.3 is 5.01 Å². The van der Waals surface area contributed by atoms with Crippen molar-refractivity contribution in [3.8, 4) is 0 Å². The Morgan fingerprint density at radius 2 is 2.46 bits per heavy atom. The van der Waals surface area contributed by atoms with E-state index >= 15 is 0 Å². The zero-order valence-electron chi connectivity index (χ0n) is 8.25.